The van der Waals surface area contributed by atoms with Crippen molar-refractivity contribution in [2.75, 3.05) is 0 Å². The van der Waals surface area contributed by atoms with Crippen molar-refractivity contribution in [2.45, 2.75) is 32.1 Å². The van der Waals surface area contributed by atoms with Crippen LogP contribution in [-0.2, 0) is 24.1 Å². The van der Waals surface area contributed by atoms with E-state index in [0.29, 0.717) is 6.42 Å². The fraction of sp³-hybridized carbons (Fsp3) is 0.312. The molecule has 0 fully saturated rings. The molecule has 0 amide bonds. The van der Waals surface area contributed by atoms with Crippen molar-refractivity contribution >= 4 is 16.7 Å². The molecule has 0 saturated heterocycles. The number of carbonyl (C=O) groups is 1. The normalized spacial score (nSPS) is 13.1. The average Bonchev–Trinajstić information content (AvgIpc) is 2.77. The van der Waals surface area contributed by atoms with Gasteiger partial charge in [0.15, 0.2) is 0 Å². The molecule has 1 N–H and O–H groups in total. The lowest BCUT2D eigenvalue weighted by molar-refractivity contribution is -0.137. The predicted molar refractivity (Wildman–Crippen MR) is 71.9 cm³/mol. The molecule has 2 aromatic carbocycles. The van der Waals surface area contributed by atoms with Crippen molar-refractivity contribution in [3.63, 3.8) is 0 Å². The van der Waals surface area contributed by atoms with E-state index >= 15 is 0 Å². The van der Waals surface area contributed by atoms with Crippen LogP contribution in [0.5, 0.6) is 0 Å². The second kappa shape index (κ2) is 4.45. The van der Waals surface area contributed by atoms with Crippen LogP contribution in [0, 0.1) is 0 Å². The van der Waals surface area contributed by atoms with E-state index in [0.717, 1.165) is 19.3 Å². The maximum atomic E-state index is 10.6. The first kappa shape index (κ1) is 11.3. The second-order valence-corrected chi connectivity index (χ2v) is 4.97. The minimum absolute atomic E-state index is 0.253. The van der Waals surface area contributed by atoms with Crippen LogP contribution in [-0.4, -0.2) is 11.1 Å². The van der Waals surface area contributed by atoms with Gasteiger partial charge in [-0.3, -0.25) is 4.79 Å². The van der Waals surface area contributed by atoms with Crippen LogP contribution in [0.15, 0.2) is 30.3 Å². The Morgan fingerprint density at radius 3 is 2.67 bits per heavy atom. The van der Waals surface area contributed by atoms with Gasteiger partial charge >= 0.3 is 5.97 Å². The Balaban J connectivity index is 1.96. The summed E-state index contributed by atoms with van der Waals surface area (Å²) >= 11 is 0. The lowest BCUT2D eigenvalue weighted by Gasteiger charge is -2.08. The highest BCUT2D eigenvalue weighted by Gasteiger charge is 2.15. The quantitative estimate of drug-likeness (QED) is 0.889. The van der Waals surface area contributed by atoms with Crippen LogP contribution in [0.1, 0.15) is 29.5 Å². The van der Waals surface area contributed by atoms with Gasteiger partial charge in [0, 0.05) is 6.42 Å². The maximum Gasteiger partial charge on any atom is 0.303 e. The van der Waals surface area contributed by atoms with Crippen molar-refractivity contribution < 1.29 is 9.90 Å². The first-order valence-corrected chi connectivity index (χ1v) is 6.50. The van der Waals surface area contributed by atoms with Crippen LogP contribution in [0.3, 0.4) is 0 Å². The van der Waals surface area contributed by atoms with Gasteiger partial charge in [-0.25, -0.2) is 0 Å². The Bertz CT molecular complexity index is 604. The Morgan fingerprint density at radius 2 is 1.89 bits per heavy atom. The first-order chi connectivity index (χ1) is 8.75. The van der Waals surface area contributed by atoms with Gasteiger partial charge in [0.2, 0.25) is 0 Å². The third-order valence-electron chi connectivity index (χ3n) is 3.80. The molecule has 0 radical (unpaired) electrons. The van der Waals surface area contributed by atoms with Gasteiger partial charge < -0.3 is 5.11 Å². The molecule has 0 unspecified atom stereocenters. The largest absolute Gasteiger partial charge is 0.481 e. The van der Waals surface area contributed by atoms with Crippen LogP contribution in [0.25, 0.3) is 10.8 Å². The van der Waals surface area contributed by atoms with E-state index < -0.39 is 5.97 Å². The van der Waals surface area contributed by atoms with Gasteiger partial charge in [0.05, 0.1) is 0 Å². The molecule has 0 saturated carbocycles. The SMILES string of the molecule is O=C(O)CCCc1ccc2c3c(cccc13)CC2. The third-order valence-corrected chi connectivity index (χ3v) is 3.80. The summed E-state index contributed by atoms with van der Waals surface area (Å²) in [4.78, 5) is 10.6. The number of hydrogen-bond acceptors (Lipinski definition) is 1. The Hall–Kier alpha value is -1.83. The molecule has 18 heavy (non-hydrogen) atoms. The fourth-order valence-electron chi connectivity index (χ4n) is 2.96. The van der Waals surface area contributed by atoms with Gasteiger partial charge in [-0.05, 0) is 53.1 Å². The first-order valence-electron chi connectivity index (χ1n) is 6.50. The number of carboxylic acids is 1. The number of aryl methyl sites for hydroxylation is 3. The van der Waals surface area contributed by atoms with Crippen molar-refractivity contribution in [3.05, 3.63) is 47.0 Å². The number of rotatable bonds is 4. The summed E-state index contributed by atoms with van der Waals surface area (Å²) in [6.45, 7) is 0. The smallest absolute Gasteiger partial charge is 0.303 e. The number of aliphatic carboxylic acids is 1. The monoisotopic (exact) mass is 240 g/mol. The van der Waals surface area contributed by atoms with Crippen LogP contribution >= 0.6 is 0 Å². The molecule has 0 atom stereocenters. The van der Waals surface area contributed by atoms with E-state index in [1.807, 2.05) is 0 Å². The molecule has 0 heterocycles. The van der Waals surface area contributed by atoms with Gasteiger partial charge in [0.25, 0.3) is 0 Å². The highest BCUT2D eigenvalue weighted by atomic mass is 16.4. The molecule has 92 valence electrons. The Kier molecular flexibility index (Phi) is 2.78. The van der Waals surface area contributed by atoms with Gasteiger partial charge in [-0.2, -0.15) is 0 Å². The second-order valence-electron chi connectivity index (χ2n) is 4.97. The van der Waals surface area contributed by atoms with Crippen molar-refractivity contribution in [3.8, 4) is 0 Å². The zero-order chi connectivity index (χ0) is 12.5. The lowest BCUT2D eigenvalue weighted by atomic mass is 9.97. The summed E-state index contributed by atoms with van der Waals surface area (Å²) in [5, 5.41) is 11.5. The molecule has 2 heteroatoms. The molecular weight excluding hydrogens is 224 g/mol. The molecule has 1 aliphatic carbocycles. The van der Waals surface area contributed by atoms with Crippen LogP contribution < -0.4 is 0 Å². The van der Waals surface area contributed by atoms with Crippen LogP contribution in [0.4, 0.5) is 0 Å². The average molecular weight is 240 g/mol. The van der Waals surface area contributed by atoms with Crippen LogP contribution in [0.2, 0.25) is 0 Å². The minimum atomic E-state index is -0.707. The summed E-state index contributed by atoms with van der Waals surface area (Å²) in [6, 6.07) is 10.9. The summed E-state index contributed by atoms with van der Waals surface area (Å²) in [5.41, 5.74) is 4.18. The van der Waals surface area contributed by atoms with E-state index in [-0.39, 0.29) is 6.42 Å². The van der Waals surface area contributed by atoms with E-state index in [4.69, 9.17) is 5.11 Å². The fourth-order valence-corrected chi connectivity index (χ4v) is 2.96. The third kappa shape index (κ3) is 1.88. The van der Waals surface area contributed by atoms with Crippen molar-refractivity contribution in [1.29, 1.82) is 0 Å². The molecule has 2 aromatic rings. The molecule has 0 aromatic heterocycles. The highest BCUT2D eigenvalue weighted by Crippen LogP contribution is 2.33. The summed E-state index contributed by atoms with van der Waals surface area (Å²) < 4.78 is 0. The summed E-state index contributed by atoms with van der Waals surface area (Å²) in [5.74, 6) is -0.707. The standard InChI is InChI=1S/C16H16O2/c17-15(18)6-2-3-11-7-8-13-10-9-12-4-1-5-14(11)16(12)13/h1,4-5,7-8H,2-3,6,9-10H2,(H,17,18). The van der Waals surface area contributed by atoms with E-state index in [1.54, 1.807) is 0 Å². The molecular formula is C16H16O2. The Labute approximate surface area is 106 Å². The summed E-state index contributed by atoms with van der Waals surface area (Å²) in [7, 11) is 0. The highest BCUT2D eigenvalue weighted by molar-refractivity contribution is 5.93. The number of carboxylic acid groups (broad SMARTS) is 1. The van der Waals surface area contributed by atoms with E-state index in [1.165, 1.54) is 27.5 Å². The van der Waals surface area contributed by atoms with Crippen molar-refractivity contribution in [1.82, 2.24) is 0 Å². The minimum Gasteiger partial charge on any atom is -0.481 e. The maximum absolute atomic E-state index is 10.6. The molecule has 0 aliphatic heterocycles. The molecule has 0 spiro atoms. The Morgan fingerprint density at radius 1 is 1.11 bits per heavy atom. The van der Waals surface area contributed by atoms with E-state index in [2.05, 4.69) is 30.3 Å². The van der Waals surface area contributed by atoms with E-state index in [9.17, 15) is 4.79 Å². The lowest BCUT2D eigenvalue weighted by Crippen LogP contribution is -1.96. The number of benzene rings is 2. The van der Waals surface area contributed by atoms with Gasteiger partial charge in [-0.1, -0.05) is 30.3 Å². The zero-order valence-corrected chi connectivity index (χ0v) is 10.3. The topological polar surface area (TPSA) is 37.3 Å². The van der Waals surface area contributed by atoms with Gasteiger partial charge in [0.1, 0.15) is 0 Å². The van der Waals surface area contributed by atoms with Gasteiger partial charge in [-0.15, -0.1) is 0 Å². The molecule has 3 rings (SSSR count). The van der Waals surface area contributed by atoms with Crippen molar-refractivity contribution in [2.24, 2.45) is 0 Å². The zero-order valence-electron chi connectivity index (χ0n) is 10.3. The predicted octanol–water partition coefficient (Wildman–Crippen LogP) is 3.35. The molecule has 2 nitrogen and oxygen atoms in total. The number of hydrogen-bond donors (Lipinski definition) is 1. The summed E-state index contributed by atoms with van der Waals surface area (Å²) in [6.07, 6.45) is 4.11. The molecule has 0 bridgehead atoms. The molecule has 1 aliphatic rings.